The molecular weight excluding hydrogens is 386 g/mol. The van der Waals surface area contributed by atoms with E-state index in [1.165, 1.54) is 23.1 Å². The molecule has 0 radical (unpaired) electrons. The number of aliphatic hydroxyl groups excluding tert-OH is 1. The summed E-state index contributed by atoms with van der Waals surface area (Å²) in [6.45, 7) is -0.388. The zero-order valence-electron chi connectivity index (χ0n) is 15.9. The average molecular weight is 405 g/mol. The zero-order chi connectivity index (χ0) is 21.5. The van der Waals surface area contributed by atoms with Crippen molar-refractivity contribution in [3.63, 3.8) is 0 Å². The van der Waals surface area contributed by atoms with Crippen LogP contribution in [0.25, 0.3) is 0 Å². The lowest BCUT2D eigenvalue weighted by Crippen LogP contribution is -2.34. The van der Waals surface area contributed by atoms with Crippen molar-refractivity contribution in [1.29, 1.82) is 0 Å². The van der Waals surface area contributed by atoms with Crippen molar-refractivity contribution in [3.05, 3.63) is 100 Å². The van der Waals surface area contributed by atoms with Crippen LogP contribution in [0.3, 0.4) is 0 Å². The molecule has 0 atom stereocenters. The molecule has 0 fully saturated rings. The fourth-order valence-electron chi connectivity index (χ4n) is 2.93. The summed E-state index contributed by atoms with van der Waals surface area (Å²) >= 11 is 0. The third-order valence-electron chi connectivity index (χ3n) is 4.36. The second kappa shape index (κ2) is 9.44. The Morgan fingerprint density at radius 2 is 1.53 bits per heavy atom. The molecule has 0 heterocycles. The lowest BCUT2D eigenvalue weighted by atomic mass is 10.1. The fourth-order valence-corrected chi connectivity index (χ4v) is 2.93. The molecule has 0 unspecified atom stereocenters. The lowest BCUT2D eigenvalue weighted by Gasteiger charge is -2.24. The van der Waals surface area contributed by atoms with Gasteiger partial charge in [-0.05, 0) is 30.3 Å². The third-order valence-corrected chi connectivity index (χ3v) is 4.36. The van der Waals surface area contributed by atoms with Crippen LogP contribution in [0.1, 0.15) is 20.7 Å². The van der Waals surface area contributed by atoms with Gasteiger partial charge in [-0.25, -0.2) is 0 Å². The number of carbonyl (C=O) groups is 2. The summed E-state index contributed by atoms with van der Waals surface area (Å²) in [7, 11) is 0. The summed E-state index contributed by atoms with van der Waals surface area (Å²) in [6, 6.07) is 20.6. The van der Waals surface area contributed by atoms with Crippen molar-refractivity contribution >= 4 is 28.9 Å². The Morgan fingerprint density at radius 1 is 0.933 bits per heavy atom. The molecule has 0 aliphatic heterocycles. The molecule has 0 aromatic heterocycles. The van der Waals surface area contributed by atoms with Gasteiger partial charge >= 0.3 is 0 Å². The highest BCUT2D eigenvalue weighted by molar-refractivity contribution is 6.11. The van der Waals surface area contributed by atoms with Crippen molar-refractivity contribution in [2.24, 2.45) is 0 Å². The number of non-ortho nitro benzene ring substituents is 1. The molecule has 152 valence electrons. The number of hydrogen-bond donors (Lipinski definition) is 2. The molecule has 0 saturated carbocycles. The van der Waals surface area contributed by atoms with E-state index in [1.54, 1.807) is 60.7 Å². The lowest BCUT2D eigenvalue weighted by molar-refractivity contribution is -0.384. The van der Waals surface area contributed by atoms with Crippen LogP contribution in [0.5, 0.6) is 0 Å². The van der Waals surface area contributed by atoms with Gasteiger partial charge in [0.15, 0.2) is 0 Å². The minimum absolute atomic E-state index is 0.0558. The predicted octanol–water partition coefficient (Wildman–Crippen LogP) is 3.49. The Balaban J connectivity index is 2.03. The van der Waals surface area contributed by atoms with Crippen LogP contribution < -0.4 is 10.2 Å². The molecule has 3 aromatic carbocycles. The number of nitrogens with one attached hydrogen (secondary N) is 1. The number of nitro groups is 1. The second-order valence-corrected chi connectivity index (χ2v) is 6.33. The van der Waals surface area contributed by atoms with Gasteiger partial charge in [-0.3, -0.25) is 19.7 Å². The molecule has 0 aliphatic rings. The first-order valence-corrected chi connectivity index (χ1v) is 9.14. The molecule has 30 heavy (non-hydrogen) atoms. The summed E-state index contributed by atoms with van der Waals surface area (Å²) in [5, 5.41) is 23.4. The van der Waals surface area contributed by atoms with E-state index in [2.05, 4.69) is 5.32 Å². The molecule has 3 aromatic rings. The SMILES string of the molecule is O=C(Nc1cc([N+](=O)[O-])ccc1N(CCO)C(=O)c1ccccc1)c1ccccc1. The van der Waals surface area contributed by atoms with Gasteiger partial charge < -0.3 is 15.3 Å². The number of benzene rings is 3. The van der Waals surface area contributed by atoms with Gasteiger partial charge in [0.25, 0.3) is 17.5 Å². The Bertz CT molecular complexity index is 1050. The molecule has 2 N–H and O–H groups in total. The highest BCUT2D eigenvalue weighted by Crippen LogP contribution is 2.31. The maximum Gasteiger partial charge on any atom is 0.271 e. The van der Waals surface area contributed by atoms with Gasteiger partial charge in [-0.2, -0.15) is 0 Å². The highest BCUT2D eigenvalue weighted by atomic mass is 16.6. The fraction of sp³-hybridized carbons (Fsp3) is 0.0909. The van der Waals surface area contributed by atoms with E-state index < -0.39 is 16.7 Å². The van der Waals surface area contributed by atoms with Crippen molar-refractivity contribution in [2.45, 2.75) is 0 Å². The second-order valence-electron chi connectivity index (χ2n) is 6.33. The molecule has 8 nitrogen and oxygen atoms in total. The highest BCUT2D eigenvalue weighted by Gasteiger charge is 2.23. The van der Waals surface area contributed by atoms with Gasteiger partial charge in [-0.1, -0.05) is 36.4 Å². The standard InChI is InChI=1S/C22H19N3O5/c26-14-13-24(22(28)17-9-5-2-6-10-17)20-12-11-18(25(29)30)15-19(20)23-21(27)16-7-3-1-4-8-16/h1-12,15,26H,13-14H2,(H,23,27). The number of aliphatic hydroxyl groups is 1. The topological polar surface area (TPSA) is 113 Å². The summed E-state index contributed by atoms with van der Waals surface area (Å²) < 4.78 is 0. The minimum atomic E-state index is -0.586. The van der Waals surface area contributed by atoms with E-state index >= 15 is 0 Å². The number of nitrogens with zero attached hydrogens (tertiary/aromatic N) is 2. The number of carbonyl (C=O) groups excluding carboxylic acids is 2. The monoisotopic (exact) mass is 405 g/mol. The van der Waals surface area contributed by atoms with Crippen molar-refractivity contribution in [1.82, 2.24) is 0 Å². The number of rotatable bonds is 7. The van der Waals surface area contributed by atoms with Crippen LogP contribution in [-0.2, 0) is 0 Å². The Kier molecular flexibility index (Phi) is 6.51. The van der Waals surface area contributed by atoms with E-state index in [4.69, 9.17) is 0 Å². The van der Waals surface area contributed by atoms with Crippen LogP contribution in [0.2, 0.25) is 0 Å². The van der Waals surface area contributed by atoms with Crippen LogP contribution in [-0.4, -0.2) is 35.0 Å². The first-order chi connectivity index (χ1) is 14.5. The van der Waals surface area contributed by atoms with Crippen molar-refractivity contribution in [3.8, 4) is 0 Å². The molecule has 2 amide bonds. The molecule has 0 spiro atoms. The smallest absolute Gasteiger partial charge is 0.271 e. The number of nitro benzene ring substituents is 1. The third kappa shape index (κ3) is 4.68. The largest absolute Gasteiger partial charge is 0.395 e. The number of hydrogen-bond acceptors (Lipinski definition) is 5. The van der Waals surface area contributed by atoms with Gasteiger partial charge in [0.2, 0.25) is 0 Å². The first-order valence-electron chi connectivity index (χ1n) is 9.14. The van der Waals surface area contributed by atoms with E-state index in [0.29, 0.717) is 11.1 Å². The van der Waals surface area contributed by atoms with Gasteiger partial charge in [0, 0.05) is 29.8 Å². The van der Waals surface area contributed by atoms with Crippen molar-refractivity contribution < 1.29 is 19.6 Å². The van der Waals surface area contributed by atoms with Gasteiger partial charge in [0.05, 0.1) is 22.9 Å². The van der Waals surface area contributed by atoms with Gasteiger partial charge in [0.1, 0.15) is 0 Å². The van der Waals surface area contributed by atoms with Crippen LogP contribution in [0.4, 0.5) is 17.1 Å². The maximum absolute atomic E-state index is 13.0. The van der Waals surface area contributed by atoms with Crippen molar-refractivity contribution in [2.75, 3.05) is 23.4 Å². The molecule has 0 bridgehead atoms. The molecule has 0 aliphatic carbocycles. The van der Waals surface area contributed by atoms with E-state index in [-0.39, 0.29) is 30.2 Å². The summed E-state index contributed by atoms with van der Waals surface area (Å²) in [4.78, 5) is 37.6. The van der Waals surface area contributed by atoms with E-state index in [9.17, 15) is 24.8 Å². The summed E-state index contributed by atoms with van der Waals surface area (Å²) in [6.07, 6.45) is 0. The molecule has 8 heteroatoms. The van der Waals surface area contributed by atoms with E-state index in [0.717, 1.165) is 0 Å². The quantitative estimate of drug-likeness (QED) is 0.461. The van der Waals surface area contributed by atoms with Gasteiger partial charge in [-0.15, -0.1) is 0 Å². The molecule has 3 rings (SSSR count). The summed E-state index contributed by atoms with van der Waals surface area (Å²) in [5.74, 6) is -0.887. The molecular formula is C22H19N3O5. The number of amides is 2. The Morgan fingerprint density at radius 3 is 2.10 bits per heavy atom. The summed E-state index contributed by atoms with van der Waals surface area (Å²) in [5.41, 5.74) is 0.837. The average Bonchev–Trinajstić information content (AvgIpc) is 2.78. The maximum atomic E-state index is 13.0. The predicted molar refractivity (Wildman–Crippen MR) is 113 cm³/mol. The minimum Gasteiger partial charge on any atom is -0.395 e. The first kappa shape index (κ1) is 20.7. The van der Waals surface area contributed by atoms with Crippen LogP contribution >= 0.6 is 0 Å². The van der Waals surface area contributed by atoms with Crippen LogP contribution in [0.15, 0.2) is 78.9 Å². The van der Waals surface area contributed by atoms with E-state index in [1.807, 2.05) is 0 Å². The normalized spacial score (nSPS) is 10.3. The molecule has 0 saturated heterocycles. The Labute approximate surface area is 172 Å². The number of anilines is 2. The Hall–Kier alpha value is -4.04. The zero-order valence-corrected chi connectivity index (χ0v) is 15.9. The van der Waals surface area contributed by atoms with Crippen LogP contribution in [0, 0.1) is 10.1 Å².